The number of anilines is 10. The van der Waals surface area contributed by atoms with Crippen molar-refractivity contribution in [3.8, 4) is 9.94 Å². The Labute approximate surface area is 461 Å². The monoisotopic (exact) mass is 1160 g/mol. The first-order chi connectivity index (χ1) is 35.2. The Balaban J connectivity index is 0.000000446. The van der Waals surface area contributed by atoms with Crippen LogP contribution in [0.15, 0.2) is 97.6 Å². The van der Waals surface area contributed by atoms with Crippen molar-refractivity contribution in [3.63, 3.8) is 0 Å². The number of rotatable bonds is 26. The summed E-state index contributed by atoms with van der Waals surface area (Å²) in [7, 11) is 0. The van der Waals surface area contributed by atoms with Gasteiger partial charge in [0.05, 0.1) is 0 Å². The van der Waals surface area contributed by atoms with E-state index < -0.39 is 0 Å². The first-order valence-electron chi connectivity index (χ1n) is 25.0. The van der Waals surface area contributed by atoms with Gasteiger partial charge in [-0.05, 0) is 99.9 Å². The molecule has 6 heterocycles. The van der Waals surface area contributed by atoms with Crippen LogP contribution in [0.1, 0.15) is 107 Å². The fraction of sp³-hybridized carbons (Fsp3) is 0.462. The molecule has 73 heavy (non-hydrogen) atoms. The molecular formula is C52H72FeN18Se2. The van der Waals surface area contributed by atoms with Gasteiger partial charge in [-0.1, -0.05) is 79.7 Å². The van der Waals surface area contributed by atoms with E-state index in [1.165, 1.54) is 0 Å². The predicted octanol–water partition coefficient (Wildman–Crippen LogP) is 10.0. The second-order valence-electron chi connectivity index (χ2n) is 16.0. The molecule has 6 aromatic rings. The van der Waals surface area contributed by atoms with Gasteiger partial charge in [-0.25, -0.2) is 29.7 Å². The number of hydrogen-bond acceptors (Lipinski definition) is 18. The van der Waals surface area contributed by atoms with E-state index in [-0.39, 0.29) is 17.1 Å². The average Bonchev–Trinajstić information content (AvgIpc) is 3.40. The molecule has 0 fully saturated rings. The molecule has 0 bridgehead atoms. The van der Waals surface area contributed by atoms with Crippen LogP contribution in [-0.2, 0) is 17.1 Å². The first-order valence-corrected chi connectivity index (χ1v) is 26.8. The van der Waals surface area contributed by atoms with Crippen molar-refractivity contribution in [2.45, 2.75) is 107 Å². The molecule has 0 amide bonds. The number of nitriles is 2. The molecule has 0 N–H and O–H groups in total. The molecule has 0 aliphatic heterocycles. The maximum absolute atomic E-state index is 7.26. The third-order valence-electron chi connectivity index (χ3n) is 10.2. The maximum Gasteiger partial charge on any atom is 2.00 e. The van der Waals surface area contributed by atoms with Gasteiger partial charge in [0.25, 0.3) is 0 Å². The molecule has 0 aromatic carbocycles. The van der Waals surface area contributed by atoms with Crippen LogP contribution >= 0.6 is 0 Å². The Hall–Kier alpha value is -6.04. The predicted molar refractivity (Wildman–Crippen MR) is 294 cm³/mol. The van der Waals surface area contributed by atoms with Crippen LogP contribution in [0.3, 0.4) is 0 Å². The van der Waals surface area contributed by atoms with Crippen molar-refractivity contribution < 1.29 is 17.1 Å². The van der Waals surface area contributed by atoms with Crippen LogP contribution in [0, 0.1) is 20.5 Å². The molecule has 6 rings (SSSR count). The maximum atomic E-state index is 7.26. The molecule has 0 aliphatic rings. The van der Waals surface area contributed by atoms with Crippen LogP contribution in [0.5, 0.6) is 0 Å². The van der Waals surface area contributed by atoms with Crippen LogP contribution in [0.4, 0.5) is 59.0 Å². The van der Waals surface area contributed by atoms with E-state index in [1.807, 2.05) is 82.6 Å². The summed E-state index contributed by atoms with van der Waals surface area (Å²) in [5.74, 6) is 6.73. The Morgan fingerprint density at radius 1 is 0.342 bits per heavy atom. The van der Waals surface area contributed by atoms with E-state index in [0.29, 0.717) is 35.7 Å². The topological polar surface area (TPSA) is 196 Å². The number of aromatic nitrogens is 10. The minimum atomic E-state index is 0. The zero-order valence-electron chi connectivity index (χ0n) is 43.8. The molecule has 0 saturated heterocycles. The molecule has 390 valence electrons. The summed E-state index contributed by atoms with van der Waals surface area (Å²) in [5.41, 5.74) is 0. The van der Waals surface area contributed by atoms with Crippen molar-refractivity contribution in [2.75, 3.05) is 81.8 Å². The van der Waals surface area contributed by atoms with E-state index in [1.54, 1.807) is 34.7 Å². The van der Waals surface area contributed by atoms with Gasteiger partial charge in [0.1, 0.15) is 23.3 Å². The second kappa shape index (κ2) is 37.7. The van der Waals surface area contributed by atoms with E-state index in [0.717, 1.165) is 127 Å². The van der Waals surface area contributed by atoms with Crippen LogP contribution < -0.4 is 29.4 Å². The quantitative estimate of drug-likeness (QED) is 0.0465. The van der Waals surface area contributed by atoms with Crippen LogP contribution in [0.2, 0.25) is 0 Å². The number of hydrogen-bond donors (Lipinski definition) is 0. The van der Waals surface area contributed by atoms with Crippen molar-refractivity contribution in [1.29, 1.82) is 10.5 Å². The number of pyridine rings is 4. The van der Waals surface area contributed by atoms with Crippen molar-refractivity contribution >= 4 is 91.0 Å². The minimum Gasteiger partial charge on any atom is 2.00 e. The summed E-state index contributed by atoms with van der Waals surface area (Å²) in [6.45, 7) is 24.6. The minimum absolute atomic E-state index is 0. The standard InChI is InChI=1S/2C25H36N8.2CHNSe.Fe/c2*1-5-17-31(18-6-2)23-28-24(32(19-7-3)20-8-4)30-25(29-23)33(21-13-9-11-15-26-21)22-14-10-12-16-27-22;2*2-1-3;/h2*9-16H,5-8,17-20H2,1-4H3;2*3H;/q;;;;+2/p-2. The van der Waals surface area contributed by atoms with Crippen molar-refractivity contribution in [1.82, 2.24) is 49.8 Å². The third-order valence-corrected chi connectivity index (χ3v) is 10.2. The van der Waals surface area contributed by atoms with Gasteiger partial charge in [-0.15, -0.1) is 0 Å². The Bertz CT molecular complexity index is 2100. The molecule has 0 spiro atoms. The third kappa shape index (κ3) is 20.8. The molecule has 0 unspecified atom stereocenters. The molecular weight excluding hydrogens is 1090 g/mol. The van der Waals surface area contributed by atoms with Gasteiger partial charge in [-0.2, -0.15) is 29.9 Å². The van der Waals surface area contributed by atoms with E-state index in [4.69, 9.17) is 40.4 Å². The first kappa shape index (κ1) is 63.1. The normalized spacial score (nSPS) is 9.95. The molecule has 0 radical (unpaired) electrons. The van der Waals surface area contributed by atoms with Gasteiger partial charge < -0.3 is 19.6 Å². The summed E-state index contributed by atoms with van der Waals surface area (Å²) < 4.78 is 0. The van der Waals surface area contributed by atoms with Gasteiger partial charge in [0, 0.05) is 77.1 Å². The Morgan fingerprint density at radius 2 is 0.521 bits per heavy atom. The molecule has 18 nitrogen and oxygen atoms in total. The number of nitrogens with zero attached hydrogens (tertiary/aromatic N) is 18. The summed E-state index contributed by atoms with van der Waals surface area (Å²) in [6.07, 6.45) is 15.3. The smallest absolute Gasteiger partial charge is 2.00 e. The van der Waals surface area contributed by atoms with Gasteiger partial charge in [-0.3, -0.25) is 0 Å². The summed E-state index contributed by atoms with van der Waals surface area (Å²) in [6, 6.07) is 23.2. The van der Waals surface area contributed by atoms with Gasteiger partial charge >= 0.3 is 69.6 Å². The summed E-state index contributed by atoms with van der Waals surface area (Å²) in [4.78, 5) is 64.1. The SMILES string of the molecule is CCCN(CCC)c1nc(N(CCC)CCC)nc(N(c2ccccn2)c2ccccn2)n1.CCCN(CCC)c1nc(N(CCC)CCC)nc(N(c2ccccn2)c2ccccn2)n1.N#C[Se-].N#C[Se-].[Fe+2]. The molecule has 21 heteroatoms. The molecule has 0 atom stereocenters. The zero-order chi connectivity index (χ0) is 52.4. The van der Waals surface area contributed by atoms with Crippen LogP contribution in [-0.4, -0.2) is 134 Å². The molecule has 6 aromatic heterocycles. The zero-order valence-corrected chi connectivity index (χ0v) is 48.3. The van der Waals surface area contributed by atoms with E-state index >= 15 is 0 Å². The second-order valence-corrected chi connectivity index (χ2v) is 16.8. The fourth-order valence-corrected chi connectivity index (χ4v) is 7.45. The largest absolute Gasteiger partial charge is 2.00 e. The average molecular weight is 1160 g/mol. The van der Waals surface area contributed by atoms with Crippen molar-refractivity contribution in [3.05, 3.63) is 97.6 Å². The Morgan fingerprint density at radius 3 is 0.671 bits per heavy atom. The summed E-state index contributed by atoms with van der Waals surface area (Å²) in [5, 5.41) is 14.5. The molecule has 0 aliphatic carbocycles. The van der Waals surface area contributed by atoms with Gasteiger partial charge in [0.15, 0.2) is 0 Å². The van der Waals surface area contributed by atoms with Crippen molar-refractivity contribution in [2.24, 2.45) is 0 Å². The molecule has 0 saturated carbocycles. The van der Waals surface area contributed by atoms with Gasteiger partial charge in [0.2, 0.25) is 35.7 Å². The summed E-state index contributed by atoms with van der Waals surface area (Å²) >= 11 is 4.22. The van der Waals surface area contributed by atoms with E-state index in [9.17, 15) is 0 Å². The van der Waals surface area contributed by atoms with Crippen LogP contribution in [0.25, 0.3) is 0 Å². The van der Waals surface area contributed by atoms with E-state index in [2.05, 4.69) is 127 Å². The Kier molecular flexibility index (Phi) is 32.5. The fourth-order valence-electron chi connectivity index (χ4n) is 7.45.